The van der Waals surface area contributed by atoms with E-state index in [0.717, 1.165) is 76.7 Å². The second-order valence-electron chi connectivity index (χ2n) is 14.6. The lowest BCUT2D eigenvalue weighted by Crippen LogP contribution is -2.10. The highest BCUT2D eigenvalue weighted by atomic mass is 15.1. The summed E-state index contributed by atoms with van der Waals surface area (Å²) in [6.07, 6.45) is 0. The van der Waals surface area contributed by atoms with Crippen LogP contribution in [-0.2, 0) is 0 Å². The van der Waals surface area contributed by atoms with E-state index >= 15 is 0 Å². The first kappa shape index (κ1) is 28.9. The monoisotopic (exact) mass is 727 g/mol. The van der Waals surface area contributed by atoms with Crippen LogP contribution in [0, 0.1) is 0 Å². The first-order valence-electron chi connectivity index (χ1n) is 21.3. The number of rotatable bonds is 6. The van der Waals surface area contributed by atoms with E-state index in [9.17, 15) is 5.48 Å². The van der Waals surface area contributed by atoms with Crippen molar-refractivity contribution in [2.45, 2.75) is 0 Å². The predicted octanol–water partition coefficient (Wildman–Crippen LogP) is 15.9. The van der Waals surface area contributed by atoms with Gasteiger partial charge in [-0.2, -0.15) is 0 Å². The summed E-state index contributed by atoms with van der Waals surface area (Å²) in [6.45, 7) is 0. The van der Waals surface area contributed by atoms with Gasteiger partial charge in [0, 0.05) is 17.1 Å². The van der Waals surface area contributed by atoms with Crippen LogP contribution in [0.15, 0.2) is 224 Å². The highest BCUT2D eigenvalue weighted by molar-refractivity contribution is 6.15. The van der Waals surface area contributed by atoms with Crippen LogP contribution in [0.4, 0.5) is 17.1 Å². The third-order valence-electron chi connectivity index (χ3n) is 11.2. The molecule has 0 saturated heterocycles. The van der Waals surface area contributed by atoms with Crippen molar-refractivity contribution < 1.29 is 5.48 Å². The summed E-state index contributed by atoms with van der Waals surface area (Å²) in [5, 5.41) is 11.2. The van der Waals surface area contributed by atoms with E-state index in [2.05, 4.69) is 133 Å². The van der Waals surface area contributed by atoms with Crippen molar-refractivity contribution in [1.29, 1.82) is 0 Å². The molecule has 0 saturated carbocycles. The Hall–Kier alpha value is -7.48. The van der Waals surface area contributed by atoms with Gasteiger partial charge in [0.1, 0.15) is 0 Å². The minimum atomic E-state index is -0.118. The Morgan fingerprint density at radius 2 is 0.719 bits per heavy atom. The molecule has 0 amide bonds. The molecule has 1 nitrogen and oxygen atoms in total. The second kappa shape index (κ2) is 13.7. The molecule has 11 aromatic rings. The maximum Gasteiger partial charge on any atom is 0.0645 e. The molecule has 0 aliphatic carbocycles. The van der Waals surface area contributed by atoms with E-state index in [0.29, 0.717) is 5.56 Å². The van der Waals surface area contributed by atoms with E-state index in [-0.39, 0.29) is 35.4 Å². The van der Waals surface area contributed by atoms with Crippen LogP contribution in [0.5, 0.6) is 0 Å². The molecule has 11 rings (SSSR count). The molecule has 0 heterocycles. The molecule has 1 heteroatoms. The van der Waals surface area contributed by atoms with Crippen molar-refractivity contribution in [3.8, 4) is 33.4 Å². The van der Waals surface area contributed by atoms with Gasteiger partial charge in [-0.15, -0.1) is 0 Å². The smallest absolute Gasteiger partial charge is 0.0645 e. The third kappa shape index (κ3) is 5.80. The Balaban J connectivity index is 1.15. The first-order chi connectivity index (χ1) is 29.9. The normalized spacial score (nSPS) is 12.5. The van der Waals surface area contributed by atoms with Gasteiger partial charge in [0.2, 0.25) is 0 Å². The summed E-state index contributed by atoms with van der Waals surface area (Å²) >= 11 is 0. The maximum absolute atomic E-state index is 9.71. The highest BCUT2D eigenvalue weighted by Crippen LogP contribution is 2.43. The summed E-state index contributed by atoms with van der Waals surface area (Å²) in [5.41, 5.74) is 6.62. The Labute approximate surface area is 338 Å². The van der Waals surface area contributed by atoms with Gasteiger partial charge < -0.3 is 4.90 Å². The summed E-state index contributed by atoms with van der Waals surface area (Å²) < 4.78 is 38.4. The third-order valence-corrected chi connectivity index (χ3v) is 11.2. The maximum atomic E-state index is 9.71. The Morgan fingerprint density at radius 3 is 1.26 bits per heavy atom. The minimum Gasteiger partial charge on any atom is -0.310 e. The lowest BCUT2D eigenvalue weighted by molar-refractivity contribution is 1.28. The van der Waals surface area contributed by atoms with Crippen LogP contribution in [0.3, 0.4) is 0 Å². The lowest BCUT2D eigenvalue weighted by atomic mass is 9.92. The summed E-state index contributed by atoms with van der Waals surface area (Å²) in [4.78, 5) is 1.91. The highest BCUT2D eigenvalue weighted by Gasteiger charge is 2.17. The molecule has 57 heavy (non-hydrogen) atoms. The van der Waals surface area contributed by atoms with E-state index in [1.54, 1.807) is 0 Å². The molecule has 0 atom stereocenters. The molecular formula is C56H37N. The molecule has 0 radical (unpaired) electrons. The number of hydrogen-bond acceptors (Lipinski definition) is 1. The van der Waals surface area contributed by atoms with Crippen LogP contribution in [0.1, 0.15) is 5.48 Å². The van der Waals surface area contributed by atoms with Crippen LogP contribution in [0.25, 0.3) is 87.2 Å². The molecule has 11 aromatic carbocycles. The topological polar surface area (TPSA) is 3.24 Å². The van der Waals surface area contributed by atoms with Gasteiger partial charge in [-0.25, -0.2) is 0 Å². The molecule has 0 N–H and O–H groups in total. The molecule has 0 bridgehead atoms. The van der Waals surface area contributed by atoms with Crippen molar-refractivity contribution >= 4 is 70.9 Å². The summed E-state index contributed by atoms with van der Waals surface area (Å²) in [5.74, 6) is 0. The van der Waals surface area contributed by atoms with Crippen molar-refractivity contribution in [1.82, 2.24) is 0 Å². The summed E-state index contributed by atoms with van der Waals surface area (Å²) in [6, 6.07) is 68.1. The van der Waals surface area contributed by atoms with Gasteiger partial charge in [0.25, 0.3) is 0 Å². The van der Waals surface area contributed by atoms with Crippen molar-refractivity contribution in [3.05, 3.63) is 224 Å². The zero-order chi connectivity index (χ0) is 41.2. The van der Waals surface area contributed by atoms with Gasteiger partial charge in [-0.1, -0.05) is 170 Å². The largest absolute Gasteiger partial charge is 0.310 e. The zero-order valence-electron chi connectivity index (χ0n) is 35.0. The first-order valence-corrected chi connectivity index (χ1v) is 19.3. The number of nitrogens with zero attached hydrogens (tertiary/aromatic N) is 1. The van der Waals surface area contributed by atoms with Crippen molar-refractivity contribution in [2.24, 2.45) is 0 Å². The molecule has 0 spiro atoms. The fourth-order valence-electron chi connectivity index (χ4n) is 8.53. The van der Waals surface area contributed by atoms with E-state index in [1.165, 1.54) is 10.8 Å². The van der Waals surface area contributed by atoms with Crippen LogP contribution in [-0.4, -0.2) is 0 Å². The van der Waals surface area contributed by atoms with Crippen LogP contribution < -0.4 is 4.90 Å². The van der Waals surface area contributed by atoms with E-state index in [4.69, 9.17) is 0 Å². The Kier molecular flexibility index (Phi) is 6.93. The molecule has 0 unspecified atom stereocenters. The number of hydrogen-bond donors (Lipinski definition) is 0. The zero-order valence-corrected chi connectivity index (χ0v) is 31.0. The van der Waals surface area contributed by atoms with Crippen LogP contribution in [0.2, 0.25) is 0 Å². The van der Waals surface area contributed by atoms with Gasteiger partial charge in [0.05, 0.1) is 5.48 Å². The van der Waals surface area contributed by atoms with Gasteiger partial charge in [-0.3, -0.25) is 0 Å². The standard InChI is InChI=1S/C56H37N/c1-2-14-40-33-41(28-27-38(40)13-1)39-29-31-46(32-30-39)57(47-19-11-17-42(34-47)55-36-44-15-3-5-21-49(44)51-23-7-9-25-53(51)55)48-20-12-18-43(35-48)56-37-45-16-4-6-22-50(45)52-24-8-10-26-54(52)56/h1-37H/i29D,30D,31D,32D. The predicted molar refractivity (Wildman–Crippen MR) is 245 cm³/mol. The molecular weight excluding hydrogens is 687 g/mol. The van der Waals surface area contributed by atoms with Gasteiger partial charge in [-0.05, 0) is 142 Å². The molecule has 0 aromatic heterocycles. The van der Waals surface area contributed by atoms with Crippen molar-refractivity contribution in [3.63, 3.8) is 0 Å². The molecule has 0 aliphatic heterocycles. The number of fused-ring (bicyclic) bond motifs is 7. The quantitative estimate of drug-likeness (QED) is 0.154. The molecule has 266 valence electrons. The molecule has 0 aliphatic rings. The van der Waals surface area contributed by atoms with Crippen LogP contribution >= 0.6 is 0 Å². The lowest BCUT2D eigenvalue weighted by Gasteiger charge is -2.27. The van der Waals surface area contributed by atoms with Crippen molar-refractivity contribution in [2.75, 3.05) is 4.90 Å². The number of benzene rings is 11. The molecule has 0 fully saturated rings. The average molecular weight is 728 g/mol. The Bertz CT molecular complexity index is 3360. The van der Waals surface area contributed by atoms with Gasteiger partial charge >= 0.3 is 0 Å². The Morgan fingerprint density at radius 1 is 0.263 bits per heavy atom. The van der Waals surface area contributed by atoms with E-state index in [1.807, 2.05) is 71.6 Å². The van der Waals surface area contributed by atoms with E-state index < -0.39 is 0 Å². The van der Waals surface area contributed by atoms with Gasteiger partial charge in [0.15, 0.2) is 0 Å². The average Bonchev–Trinajstić information content (AvgIpc) is 3.32. The fourth-order valence-corrected chi connectivity index (χ4v) is 8.53. The SMILES string of the molecule is [2H]c1c([2H])c(N(c2cccc(-c3cc4ccccc4c4ccccc34)c2)c2cccc(-c3cc4ccccc4c4ccccc34)c2)c([2H])c([2H])c1-c1ccc2ccccc2c1. The minimum absolute atomic E-state index is 0.0929. The summed E-state index contributed by atoms with van der Waals surface area (Å²) in [7, 11) is 0. The number of anilines is 3. The fraction of sp³-hybridized carbons (Fsp3) is 0. The second-order valence-corrected chi connectivity index (χ2v) is 14.6.